The Labute approximate surface area is 411 Å². The van der Waals surface area contributed by atoms with E-state index in [1.807, 2.05) is 129 Å². The van der Waals surface area contributed by atoms with Crippen LogP contribution >= 0.6 is 35.4 Å². The summed E-state index contributed by atoms with van der Waals surface area (Å²) in [6.45, 7) is 7.73. The molecule has 0 atom stereocenters. The Morgan fingerprint density at radius 2 is 0.809 bits per heavy atom. The van der Waals surface area contributed by atoms with Crippen LogP contribution in [0.15, 0.2) is 203 Å². The average Bonchev–Trinajstić information content (AvgIpc) is 3.37. The molecule has 0 spiro atoms. The molecule has 0 amide bonds. The van der Waals surface area contributed by atoms with Gasteiger partial charge in [-0.05, 0) is 98.1 Å². The third-order valence-corrected chi connectivity index (χ3v) is 12.8. The first-order chi connectivity index (χ1) is 33.3. The number of hydrogen-bond acceptors (Lipinski definition) is 7. The molecule has 8 aromatic rings. The highest BCUT2D eigenvalue weighted by atomic mass is 35.5. The van der Waals surface area contributed by atoms with Gasteiger partial charge in [0.25, 0.3) is 20.2 Å². The van der Waals surface area contributed by atoms with Crippen LogP contribution in [0.5, 0.6) is 23.0 Å². The second kappa shape index (κ2) is 22.1. The highest BCUT2D eigenvalue weighted by Crippen LogP contribution is 2.36. The normalized spacial score (nSPS) is 13.0. The van der Waals surface area contributed by atoms with Crippen molar-refractivity contribution in [2.75, 3.05) is 20.2 Å². The van der Waals surface area contributed by atoms with Crippen molar-refractivity contribution in [1.82, 2.24) is 0 Å². The van der Waals surface area contributed by atoms with Crippen LogP contribution in [0.1, 0.15) is 33.4 Å². The van der Waals surface area contributed by atoms with Gasteiger partial charge in [0.05, 0.1) is 28.7 Å². The van der Waals surface area contributed by atoms with Crippen molar-refractivity contribution in [3.63, 3.8) is 0 Å². The predicted octanol–water partition coefficient (Wildman–Crippen LogP) is 14.1. The summed E-state index contributed by atoms with van der Waals surface area (Å²) in [6, 6.07) is 62.8. The molecule has 8 aromatic carbocycles. The van der Waals surface area contributed by atoms with E-state index in [-0.39, 0.29) is 0 Å². The first-order valence-corrected chi connectivity index (χ1v) is 24.0. The number of fused-ring (bicyclic) bond motifs is 3. The molecule has 11 rings (SSSR count). The summed E-state index contributed by atoms with van der Waals surface area (Å²) in [6.07, 6.45) is 6.35. The Morgan fingerprint density at radius 1 is 0.426 bits per heavy atom. The zero-order valence-electron chi connectivity index (χ0n) is 37.8. The van der Waals surface area contributed by atoms with Crippen LogP contribution in [0.25, 0.3) is 0 Å². The van der Waals surface area contributed by atoms with Crippen LogP contribution in [0.2, 0.25) is 5.02 Å². The number of ether oxygens (including phenoxy) is 3. The maximum atomic E-state index is 6.08. The Morgan fingerprint density at radius 3 is 1.28 bits per heavy atom. The van der Waals surface area contributed by atoms with Crippen LogP contribution in [0, 0.1) is 20.8 Å². The van der Waals surface area contributed by atoms with Crippen molar-refractivity contribution in [3.8, 4) is 23.0 Å². The lowest BCUT2D eigenvalue weighted by atomic mass is 10.1. The number of hydrogen-bond donors (Lipinski definition) is 0. The lowest BCUT2D eigenvalue weighted by molar-refractivity contribution is -0.476. The molecule has 0 aromatic heterocycles. The van der Waals surface area contributed by atoms with Gasteiger partial charge in [-0.1, -0.05) is 114 Å². The van der Waals surface area contributed by atoms with Crippen molar-refractivity contribution < 1.29 is 37.2 Å². The summed E-state index contributed by atoms with van der Waals surface area (Å²) in [4.78, 5) is 8.72. The maximum absolute atomic E-state index is 6.08. The average molecular weight is 956 g/mol. The standard InChI is InChI=1S/C21H18NO3S.C21H18NOS.C15H13ClNO/c1-16-12-20(26-25-24-19-10-6-3-7-11-19)13-17-14-22(15-23-21(16)17)18-8-4-2-5-9-18;1-16-12-20(24-19-10-6-3-7-11-19)13-17-14-22(15-23-21(16)17)18-8-4-2-5-9-18;1-11-7-13(16)8-12-9-17(10-18-15(11)12)14-5-3-2-4-6-14/h2-14H,15H2,1H3;2-14H,15H2,1H3;2-9H,10H2,1H3/q3*+1. The molecule has 338 valence electrons. The molecule has 0 bridgehead atoms. The number of benzene rings is 8. The number of para-hydroxylation sites is 4. The first-order valence-electron chi connectivity index (χ1n) is 22.1. The largest absolute Gasteiger partial charge is 0.435 e. The monoisotopic (exact) mass is 954 g/mol. The Balaban J connectivity index is 0.000000130. The molecule has 0 radical (unpaired) electrons. The molecule has 3 aliphatic rings. The van der Waals surface area contributed by atoms with Crippen molar-refractivity contribution in [2.24, 2.45) is 0 Å². The third kappa shape index (κ3) is 11.7. The fourth-order valence-electron chi connectivity index (χ4n) is 7.80. The minimum absolute atomic E-state index is 0.498. The van der Waals surface area contributed by atoms with Gasteiger partial charge < -0.3 is 19.1 Å². The van der Waals surface area contributed by atoms with E-state index < -0.39 is 0 Å². The molecular weight excluding hydrogens is 906 g/mol. The zero-order valence-corrected chi connectivity index (χ0v) is 40.2. The topological polar surface area (TPSA) is 55.2 Å². The molecule has 0 fully saturated rings. The van der Waals surface area contributed by atoms with Gasteiger partial charge in [0, 0.05) is 56.1 Å². The molecule has 11 heteroatoms. The van der Waals surface area contributed by atoms with Crippen LogP contribution < -0.4 is 19.1 Å². The SMILES string of the molecule is Cc1cc(Cl)cc2c1OC[N+](c1ccccc1)=C2.Cc1cc(SOOc2ccccc2)cc2c1OC[N+](c1ccccc1)=C2.Cc1cc(Sc2ccccc2)cc2c1OC[N+](c1ccccc1)=C2. The number of nitrogens with zero attached hydrogens (tertiary/aromatic N) is 3. The summed E-state index contributed by atoms with van der Waals surface area (Å²) < 4.78 is 29.4. The molecule has 0 unspecified atom stereocenters. The summed E-state index contributed by atoms with van der Waals surface area (Å²) in [7, 11) is 0. The minimum atomic E-state index is 0.498. The molecule has 8 nitrogen and oxygen atoms in total. The Kier molecular flexibility index (Phi) is 15.0. The lowest BCUT2D eigenvalue weighted by Gasteiger charge is -2.17. The highest BCUT2D eigenvalue weighted by Gasteiger charge is 2.24. The summed E-state index contributed by atoms with van der Waals surface area (Å²) in [5, 5.41) is 0.737. The molecule has 3 aliphatic heterocycles. The molecule has 0 saturated heterocycles. The highest BCUT2D eigenvalue weighted by molar-refractivity contribution is 7.99. The van der Waals surface area contributed by atoms with Crippen molar-refractivity contribution >= 4 is 71.1 Å². The smallest absolute Gasteiger partial charge is 0.292 e. The molecular formula is C57H49ClN3O5S2+3. The van der Waals surface area contributed by atoms with Gasteiger partial charge in [0.1, 0.15) is 17.2 Å². The van der Waals surface area contributed by atoms with Gasteiger partial charge in [0.15, 0.2) is 24.4 Å². The van der Waals surface area contributed by atoms with E-state index in [0.29, 0.717) is 25.9 Å². The summed E-state index contributed by atoms with van der Waals surface area (Å²) >= 11 is 9.04. The van der Waals surface area contributed by atoms with E-state index >= 15 is 0 Å². The quantitative estimate of drug-likeness (QED) is 0.0618. The lowest BCUT2D eigenvalue weighted by Crippen LogP contribution is -2.21. The van der Waals surface area contributed by atoms with E-state index in [0.717, 1.165) is 72.0 Å². The minimum Gasteiger partial charge on any atom is -0.435 e. The van der Waals surface area contributed by atoms with Gasteiger partial charge in [-0.2, -0.15) is 13.7 Å². The molecule has 3 heterocycles. The Hall–Kier alpha value is -7.08. The van der Waals surface area contributed by atoms with Crippen molar-refractivity contribution in [1.29, 1.82) is 0 Å². The van der Waals surface area contributed by atoms with Gasteiger partial charge >= 0.3 is 0 Å². The predicted molar refractivity (Wildman–Crippen MR) is 274 cm³/mol. The van der Waals surface area contributed by atoms with Crippen LogP contribution in [-0.4, -0.2) is 52.6 Å². The second-order valence-corrected chi connectivity index (χ2v) is 18.4. The van der Waals surface area contributed by atoms with Crippen molar-refractivity contribution in [3.05, 3.63) is 226 Å². The van der Waals surface area contributed by atoms with Gasteiger partial charge in [0.2, 0.25) is 17.1 Å². The second-order valence-electron chi connectivity index (χ2n) is 16.0. The van der Waals surface area contributed by atoms with Crippen LogP contribution in [0.3, 0.4) is 0 Å². The number of aryl methyl sites for hydroxylation is 3. The summed E-state index contributed by atoms with van der Waals surface area (Å²) in [5.74, 6) is 3.48. The van der Waals surface area contributed by atoms with E-state index in [1.54, 1.807) is 11.8 Å². The van der Waals surface area contributed by atoms with E-state index in [2.05, 4.69) is 112 Å². The van der Waals surface area contributed by atoms with Crippen molar-refractivity contribution in [2.45, 2.75) is 35.5 Å². The van der Waals surface area contributed by atoms with Gasteiger partial charge in [-0.3, -0.25) is 0 Å². The maximum Gasteiger partial charge on any atom is 0.292 e. The van der Waals surface area contributed by atoms with Gasteiger partial charge in [-0.15, -0.1) is 4.33 Å². The molecule has 0 saturated carbocycles. The van der Waals surface area contributed by atoms with E-state index in [1.165, 1.54) is 27.4 Å². The molecule has 0 N–H and O–H groups in total. The summed E-state index contributed by atoms with van der Waals surface area (Å²) in [5.41, 5.74) is 9.83. The zero-order chi connectivity index (χ0) is 46.7. The number of halogens is 1. The molecule has 0 aliphatic carbocycles. The molecule has 68 heavy (non-hydrogen) atoms. The third-order valence-electron chi connectivity index (χ3n) is 11.0. The first kappa shape index (κ1) is 46.0. The Bertz CT molecular complexity index is 3100. The van der Waals surface area contributed by atoms with Crippen LogP contribution in [0.4, 0.5) is 17.1 Å². The fraction of sp³-hybridized carbons (Fsp3) is 0.105. The van der Waals surface area contributed by atoms with E-state index in [9.17, 15) is 0 Å². The number of rotatable bonds is 9. The van der Waals surface area contributed by atoms with E-state index in [4.69, 9.17) is 35.0 Å². The van der Waals surface area contributed by atoms with Gasteiger partial charge in [-0.25, -0.2) is 0 Å². The fourth-order valence-corrected chi connectivity index (χ4v) is 9.66. The van der Waals surface area contributed by atoms with Crippen LogP contribution in [-0.2, 0) is 4.33 Å².